The van der Waals surface area contributed by atoms with E-state index in [0.717, 1.165) is 30.0 Å². The van der Waals surface area contributed by atoms with Crippen LogP contribution in [0.25, 0.3) is 0 Å². The number of ether oxygens (including phenoxy) is 1. The standard InChI is InChI=1S/C22H24N2O3/c1-22(2)14-18(17-6-3-4-7-19(17)27-22)23-21(26)15-9-11-16(12-10-15)24-13-5-8-20(24)25/h3-4,6-7,9-12,18H,5,8,13-14H2,1-2H3,(H,23,26)/t18-/m1/s1. The molecule has 27 heavy (non-hydrogen) atoms. The van der Waals surface area contributed by atoms with Gasteiger partial charge in [0.05, 0.1) is 6.04 Å². The second-order valence-electron chi connectivity index (χ2n) is 7.83. The Labute approximate surface area is 159 Å². The van der Waals surface area contributed by atoms with Gasteiger partial charge in [-0.15, -0.1) is 0 Å². The van der Waals surface area contributed by atoms with Crippen molar-refractivity contribution in [2.45, 2.75) is 44.8 Å². The zero-order valence-electron chi connectivity index (χ0n) is 15.7. The highest BCUT2D eigenvalue weighted by atomic mass is 16.5. The summed E-state index contributed by atoms with van der Waals surface area (Å²) in [7, 11) is 0. The zero-order chi connectivity index (χ0) is 19.0. The highest BCUT2D eigenvalue weighted by Crippen LogP contribution is 2.39. The number of carbonyl (C=O) groups excluding carboxylic acids is 2. The number of amides is 2. The minimum Gasteiger partial charge on any atom is -0.487 e. The van der Waals surface area contributed by atoms with Gasteiger partial charge in [-0.25, -0.2) is 0 Å². The molecule has 1 N–H and O–H groups in total. The number of fused-ring (bicyclic) bond motifs is 1. The highest BCUT2D eigenvalue weighted by molar-refractivity contribution is 5.97. The first kappa shape index (κ1) is 17.6. The lowest BCUT2D eigenvalue weighted by molar-refractivity contribution is -0.117. The van der Waals surface area contributed by atoms with Gasteiger partial charge in [-0.05, 0) is 50.6 Å². The first-order valence-corrected chi connectivity index (χ1v) is 9.42. The second-order valence-corrected chi connectivity index (χ2v) is 7.83. The predicted octanol–water partition coefficient (Wildman–Crippen LogP) is 3.85. The maximum absolute atomic E-state index is 12.8. The van der Waals surface area contributed by atoms with Gasteiger partial charge in [-0.1, -0.05) is 18.2 Å². The maximum atomic E-state index is 12.8. The molecule has 0 aromatic heterocycles. The van der Waals surface area contributed by atoms with E-state index in [0.29, 0.717) is 18.4 Å². The summed E-state index contributed by atoms with van der Waals surface area (Å²) in [4.78, 5) is 26.4. The van der Waals surface area contributed by atoms with Crippen molar-refractivity contribution < 1.29 is 14.3 Å². The lowest BCUT2D eigenvalue weighted by Crippen LogP contribution is -2.41. The van der Waals surface area contributed by atoms with Crippen LogP contribution in [0, 0.1) is 0 Å². The van der Waals surface area contributed by atoms with Gasteiger partial charge in [0.2, 0.25) is 5.91 Å². The van der Waals surface area contributed by atoms with Gasteiger partial charge < -0.3 is 15.0 Å². The number of nitrogens with one attached hydrogen (secondary N) is 1. The average Bonchev–Trinajstić information content (AvgIpc) is 3.07. The molecule has 5 nitrogen and oxygen atoms in total. The van der Waals surface area contributed by atoms with Crippen LogP contribution in [0.3, 0.4) is 0 Å². The van der Waals surface area contributed by atoms with Gasteiger partial charge in [0, 0.05) is 36.2 Å². The summed E-state index contributed by atoms with van der Waals surface area (Å²) in [6, 6.07) is 15.0. The molecule has 0 bridgehead atoms. The lowest BCUT2D eigenvalue weighted by Gasteiger charge is -2.37. The molecule has 1 saturated heterocycles. The van der Waals surface area contributed by atoms with Crippen molar-refractivity contribution in [3.63, 3.8) is 0 Å². The van der Waals surface area contributed by atoms with Gasteiger partial charge in [0.1, 0.15) is 11.4 Å². The van der Waals surface area contributed by atoms with Crippen LogP contribution in [0.5, 0.6) is 5.75 Å². The summed E-state index contributed by atoms with van der Waals surface area (Å²) < 4.78 is 6.03. The third kappa shape index (κ3) is 3.54. The molecule has 2 aliphatic heterocycles. The van der Waals surface area contributed by atoms with Gasteiger partial charge >= 0.3 is 0 Å². The molecule has 5 heteroatoms. The van der Waals surface area contributed by atoms with Crippen LogP contribution in [0.1, 0.15) is 55.1 Å². The van der Waals surface area contributed by atoms with Crippen molar-refractivity contribution in [1.82, 2.24) is 5.32 Å². The molecular formula is C22H24N2O3. The average molecular weight is 364 g/mol. The summed E-state index contributed by atoms with van der Waals surface area (Å²) >= 11 is 0. The molecule has 2 aromatic rings. The summed E-state index contributed by atoms with van der Waals surface area (Å²) in [5.74, 6) is 0.849. The first-order chi connectivity index (χ1) is 12.9. The van der Waals surface area contributed by atoms with Crippen molar-refractivity contribution in [2.75, 3.05) is 11.4 Å². The van der Waals surface area contributed by atoms with Crippen molar-refractivity contribution in [2.24, 2.45) is 0 Å². The number of nitrogens with zero attached hydrogens (tertiary/aromatic N) is 1. The number of carbonyl (C=O) groups is 2. The Morgan fingerprint density at radius 3 is 2.59 bits per heavy atom. The quantitative estimate of drug-likeness (QED) is 0.900. The van der Waals surface area contributed by atoms with Crippen LogP contribution >= 0.6 is 0 Å². The van der Waals surface area contributed by atoms with Crippen molar-refractivity contribution in [3.05, 3.63) is 59.7 Å². The van der Waals surface area contributed by atoms with Crippen LogP contribution in [0.2, 0.25) is 0 Å². The number of rotatable bonds is 3. The SMILES string of the molecule is CC1(C)C[C@@H](NC(=O)c2ccc(N3CCCC3=O)cc2)c2ccccc2O1. The van der Waals surface area contributed by atoms with Crippen molar-refractivity contribution in [1.29, 1.82) is 0 Å². The number of para-hydroxylation sites is 1. The maximum Gasteiger partial charge on any atom is 0.251 e. The van der Waals surface area contributed by atoms with Crippen LogP contribution < -0.4 is 15.0 Å². The van der Waals surface area contributed by atoms with Gasteiger partial charge in [0.15, 0.2) is 0 Å². The van der Waals surface area contributed by atoms with E-state index in [-0.39, 0.29) is 23.5 Å². The molecule has 1 fully saturated rings. The summed E-state index contributed by atoms with van der Waals surface area (Å²) in [6.07, 6.45) is 2.19. The number of benzene rings is 2. The minimum absolute atomic E-state index is 0.0997. The van der Waals surface area contributed by atoms with Crippen LogP contribution in [0.4, 0.5) is 5.69 Å². The Hall–Kier alpha value is -2.82. The Balaban J connectivity index is 1.51. The normalized spacial score (nSPS) is 20.7. The van der Waals surface area contributed by atoms with E-state index < -0.39 is 0 Å². The van der Waals surface area contributed by atoms with E-state index in [9.17, 15) is 9.59 Å². The molecule has 0 aliphatic carbocycles. The smallest absolute Gasteiger partial charge is 0.251 e. The van der Waals surface area contributed by atoms with Crippen molar-refractivity contribution >= 4 is 17.5 Å². The zero-order valence-corrected chi connectivity index (χ0v) is 15.7. The molecule has 0 spiro atoms. The van der Waals surface area contributed by atoms with E-state index in [1.807, 2.05) is 50.2 Å². The fraction of sp³-hybridized carbons (Fsp3) is 0.364. The molecule has 4 rings (SSSR count). The number of hydrogen-bond donors (Lipinski definition) is 1. The molecule has 0 saturated carbocycles. The first-order valence-electron chi connectivity index (χ1n) is 9.42. The number of hydrogen-bond acceptors (Lipinski definition) is 3. The summed E-state index contributed by atoms with van der Waals surface area (Å²) in [5.41, 5.74) is 2.11. The molecule has 1 atom stereocenters. The van der Waals surface area contributed by atoms with Gasteiger partial charge in [-0.3, -0.25) is 9.59 Å². The molecule has 2 heterocycles. The monoisotopic (exact) mass is 364 g/mol. The largest absolute Gasteiger partial charge is 0.487 e. The molecule has 140 valence electrons. The fourth-order valence-electron chi connectivity index (χ4n) is 3.89. The Kier molecular flexibility index (Phi) is 4.38. The molecule has 2 aromatic carbocycles. The van der Waals surface area contributed by atoms with E-state index >= 15 is 0 Å². The molecule has 0 radical (unpaired) electrons. The van der Waals surface area contributed by atoms with E-state index in [1.165, 1.54) is 0 Å². The Bertz CT molecular complexity index is 873. The highest BCUT2D eigenvalue weighted by Gasteiger charge is 2.34. The second kappa shape index (κ2) is 6.72. The Morgan fingerprint density at radius 2 is 1.89 bits per heavy atom. The van der Waals surface area contributed by atoms with E-state index in [1.54, 1.807) is 17.0 Å². The summed E-state index contributed by atoms with van der Waals surface area (Å²) in [5, 5.41) is 3.15. The molecular weight excluding hydrogens is 340 g/mol. The molecule has 2 amide bonds. The minimum atomic E-state index is -0.341. The Morgan fingerprint density at radius 1 is 1.15 bits per heavy atom. The van der Waals surface area contributed by atoms with Gasteiger partial charge in [-0.2, -0.15) is 0 Å². The van der Waals surface area contributed by atoms with Crippen LogP contribution in [-0.2, 0) is 4.79 Å². The van der Waals surface area contributed by atoms with Crippen molar-refractivity contribution in [3.8, 4) is 5.75 Å². The van der Waals surface area contributed by atoms with E-state index in [4.69, 9.17) is 4.74 Å². The molecule has 0 unspecified atom stereocenters. The van der Waals surface area contributed by atoms with Crippen LogP contribution in [0.15, 0.2) is 48.5 Å². The van der Waals surface area contributed by atoms with Crippen LogP contribution in [-0.4, -0.2) is 24.0 Å². The third-order valence-electron chi connectivity index (χ3n) is 5.20. The lowest BCUT2D eigenvalue weighted by atomic mass is 9.89. The molecule has 2 aliphatic rings. The van der Waals surface area contributed by atoms with Gasteiger partial charge in [0.25, 0.3) is 5.91 Å². The third-order valence-corrected chi connectivity index (χ3v) is 5.20. The predicted molar refractivity (Wildman–Crippen MR) is 104 cm³/mol. The fourth-order valence-corrected chi connectivity index (χ4v) is 3.89. The number of anilines is 1. The van der Waals surface area contributed by atoms with E-state index in [2.05, 4.69) is 5.32 Å². The topological polar surface area (TPSA) is 58.6 Å². The summed E-state index contributed by atoms with van der Waals surface area (Å²) in [6.45, 7) is 4.81.